The van der Waals surface area contributed by atoms with E-state index in [9.17, 15) is 9.59 Å². The Labute approximate surface area is 174 Å². The number of nitrogens with zero attached hydrogens (tertiary/aromatic N) is 2. The zero-order valence-electron chi connectivity index (χ0n) is 16.0. The van der Waals surface area contributed by atoms with E-state index in [1.807, 2.05) is 30.3 Å². The largest absolute Gasteiger partial charge is 0.280 e. The molecular formula is C23H22ClN3O2. The van der Waals surface area contributed by atoms with Crippen molar-refractivity contribution in [3.05, 3.63) is 81.4 Å². The maximum atomic E-state index is 13.1. The highest BCUT2D eigenvalue weighted by atomic mass is 35.5. The van der Waals surface area contributed by atoms with E-state index in [0.717, 1.165) is 31.2 Å². The molecule has 6 heteroatoms. The number of hydrogen-bond donors (Lipinski definition) is 1. The molecule has 0 spiro atoms. The molecule has 5 nitrogen and oxygen atoms in total. The first kappa shape index (κ1) is 19.4. The zero-order chi connectivity index (χ0) is 20.2. The summed E-state index contributed by atoms with van der Waals surface area (Å²) in [6.07, 6.45) is 8.36. The van der Waals surface area contributed by atoms with Gasteiger partial charge in [0, 0.05) is 17.0 Å². The van der Waals surface area contributed by atoms with E-state index >= 15 is 0 Å². The van der Waals surface area contributed by atoms with Gasteiger partial charge in [-0.2, -0.15) is 0 Å². The van der Waals surface area contributed by atoms with Gasteiger partial charge in [0.2, 0.25) is 0 Å². The number of fused-ring (bicyclic) bond motifs is 1. The first-order chi connectivity index (χ1) is 14.1. The molecule has 0 saturated heterocycles. The Morgan fingerprint density at radius 3 is 2.59 bits per heavy atom. The Balaban J connectivity index is 1.69. The number of amides is 1. The number of carbonyl (C=O) groups is 1. The van der Waals surface area contributed by atoms with Crippen molar-refractivity contribution in [3.8, 4) is 0 Å². The highest BCUT2D eigenvalue weighted by Crippen LogP contribution is 2.31. The number of aromatic nitrogens is 2. The minimum atomic E-state index is -0.402. The van der Waals surface area contributed by atoms with Crippen molar-refractivity contribution < 1.29 is 4.79 Å². The molecule has 0 aliphatic heterocycles. The summed E-state index contributed by atoms with van der Waals surface area (Å²) in [7, 11) is 0. The summed E-state index contributed by atoms with van der Waals surface area (Å²) in [5.74, 6) is 0.392. The van der Waals surface area contributed by atoms with Crippen LogP contribution >= 0.6 is 11.6 Å². The van der Waals surface area contributed by atoms with E-state index in [1.54, 1.807) is 24.3 Å². The number of carbonyl (C=O) groups excluding carboxylic acids is 1. The second-order valence-electron chi connectivity index (χ2n) is 7.29. The Bertz CT molecular complexity index is 1130. The smallest absolute Gasteiger partial charge is 0.268 e. The predicted octanol–water partition coefficient (Wildman–Crippen LogP) is 4.88. The summed E-state index contributed by atoms with van der Waals surface area (Å²) in [6, 6.07) is 14.5. The van der Waals surface area contributed by atoms with Crippen molar-refractivity contribution in [2.75, 3.05) is 5.43 Å². The van der Waals surface area contributed by atoms with Crippen LogP contribution in [-0.4, -0.2) is 15.6 Å². The molecule has 1 aromatic heterocycles. The number of benzene rings is 2. The van der Waals surface area contributed by atoms with Gasteiger partial charge in [-0.1, -0.05) is 61.2 Å². The molecule has 0 atom stereocenters. The van der Waals surface area contributed by atoms with E-state index in [2.05, 4.69) is 5.43 Å². The third-order valence-electron chi connectivity index (χ3n) is 5.31. The van der Waals surface area contributed by atoms with Crippen molar-refractivity contribution in [1.82, 2.24) is 9.66 Å². The molecule has 0 unspecified atom stereocenters. The van der Waals surface area contributed by atoms with Gasteiger partial charge >= 0.3 is 0 Å². The van der Waals surface area contributed by atoms with Gasteiger partial charge in [-0.05, 0) is 42.7 Å². The SMILES string of the molecule is O=C(/C=C/c1ccccc1Cl)Nn1c(C2CCCCC2)nc2ccccc2c1=O. The molecule has 2 aromatic carbocycles. The monoisotopic (exact) mass is 407 g/mol. The summed E-state index contributed by atoms with van der Waals surface area (Å²) >= 11 is 6.14. The quantitative estimate of drug-likeness (QED) is 0.627. The van der Waals surface area contributed by atoms with Crippen LogP contribution in [0.5, 0.6) is 0 Å². The number of nitrogens with one attached hydrogen (secondary N) is 1. The number of hydrogen-bond acceptors (Lipinski definition) is 3. The van der Waals surface area contributed by atoms with E-state index in [0.29, 0.717) is 21.7 Å². The van der Waals surface area contributed by atoms with Crippen LogP contribution in [0, 0.1) is 0 Å². The van der Waals surface area contributed by atoms with Crippen molar-refractivity contribution in [2.45, 2.75) is 38.0 Å². The van der Waals surface area contributed by atoms with Crippen molar-refractivity contribution in [2.24, 2.45) is 0 Å². The van der Waals surface area contributed by atoms with Gasteiger partial charge < -0.3 is 0 Å². The lowest BCUT2D eigenvalue weighted by atomic mass is 9.88. The van der Waals surface area contributed by atoms with Crippen LogP contribution in [0.25, 0.3) is 17.0 Å². The number of para-hydroxylation sites is 1. The van der Waals surface area contributed by atoms with E-state index in [-0.39, 0.29) is 11.5 Å². The molecule has 0 bridgehead atoms. The molecule has 3 aromatic rings. The fourth-order valence-corrected chi connectivity index (χ4v) is 4.01. The lowest BCUT2D eigenvalue weighted by Gasteiger charge is -2.24. The van der Waals surface area contributed by atoms with Crippen molar-refractivity contribution in [1.29, 1.82) is 0 Å². The molecule has 1 heterocycles. The molecule has 29 heavy (non-hydrogen) atoms. The first-order valence-corrected chi connectivity index (χ1v) is 10.3. The summed E-state index contributed by atoms with van der Waals surface area (Å²) in [5.41, 5.74) is 3.88. The van der Waals surface area contributed by atoms with Crippen molar-refractivity contribution >= 4 is 34.5 Å². The van der Waals surface area contributed by atoms with Crippen molar-refractivity contribution in [3.63, 3.8) is 0 Å². The third kappa shape index (κ3) is 4.25. The highest BCUT2D eigenvalue weighted by Gasteiger charge is 2.23. The molecule has 0 radical (unpaired) electrons. The topological polar surface area (TPSA) is 64.0 Å². The maximum Gasteiger partial charge on any atom is 0.280 e. The average Bonchev–Trinajstić information content (AvgIpc) is 2.75. The molecular weight excluding hydrogens is 386 g/mol. The van der Waals surface area contributed by atoms with Gasteiger partial charge in [0.25, 0.3) is 11.5 Å². The molecule has 1 saturated carbocycles. The molecule has 1 aliphatic carbocycles. The van der Waals surface area contributed by atoms with Crippen LogP contribution in [0.1, 0.15) is 49.4 Å². The van der Waals surface area contributed by atoms with Gasteiger partial charge in [-0.25, -0.2) is 9.66 Å². The van der Waals surface area contributed by atoms with Gasteiger partial charge in [0.15, 0.2) is 0 Å². The van der Waals surface area contributed by atoms with Crippen LogP contribution in [0.3, 0.4) is 0 Å². The first-order valence-electron chi connectivity index (χ1n) is 9.89. The van der Waals surface area contributed by atoms with Gasteiger partial charge in [0.1, 0.15) is 5.82 Å². The van der Waals surface area contributed by atoms with E-state index in [4.69, 9.17) is 16.6 Å². The van der Waals surface area contributed by atoms with Crippen LogP contribution < -0.4 is 11.0 Å². The minimum absolute atomic E-state index is 0.161. The third-order valence-corrected chi connectivity index (χ3v) is 5.66. The average molecular weight is 408 g/mol. The second kappa shape index (κ2) is 8.62. The minimum Gasteiger partial charge on any atom is -0.268 e. The van der Waals surface area contributed by atoms with Crippen LogP contribution in [0.4, 0.5) is 0 Å². The second-order valence-corrected chi connectivity index (χ2v) is 7.70. The summed E-state index contributed by atoms with van der Waals surface area (Å²) < 4.78 is 1.33. The summed E-state index contributed by atoms with van der Waals surface area (Å²) in [4.78, 5) is 30.5. The normalized spacial score (nSPS) is 15.1. The molecule has 4 rings (SSSR count). The fourth-order valence-electron chi connectivity index (χ4n) is 3.82. The fraction of sp³-hybridized carbons (Fsp3) is 0.261. The maximum absolute atomic E-state index is 13.1. The summed E-state index contributed by atoms with van der Waals surface area (Å²) in [5, 5.41) is 1.05. The van der Waals surface area contributed by atoms with E-state index < -0.39 is 5.91 Å². The van der Waals surface area contributed by atoms with Gasteiger partial charge in [0.05, 0.1) is 10.9 Å². The molecule has 1 fully saturated rings. The summed E-state index contributed by atoms with van der Waals surface area (Å²) in [6.45, 7) is 0. The number of halogens is 1. The molecule has 1 N–H and O–H groups in total. The van der Waals surface area contributed by atoms with E-state index in [1.165, 1.54) is 17.2 Å². The van der Waals surface area contributed by atoms with Gasteiger partial charge in [-0.15, -0.1) is 0 Å². The predicted molar refractivity (Wildman–Crippen MR) is 117 cm³/mol. The lowest BCUT2D eigenvalue weighted by molar-refractivity contribution is -0.112. The lowest BCUT2D eigenvalue weighted by Crippen LogP contribution is -2.37. The Morgan fingerprint density at radius 1 is 1.07 bits per heavy atom. The molecule has 1 aliphatic rings. The van der Waals surface area contributed by atoms with Crippen LogP contribution in [-0.2, 0) is 4.79 Å². The van der Waals surface area contributed by atoms with Crippen LogP contribution in [0.2, 0.25) is 5.02 Å². The van der Waals surface area contributed by atoms with Gasteiger partial charge in [-0.3, -0.25) is 15.0 Å². The highest BCUT2D eigenvalue weighted by molar-refractivity contribution is 6.32. The Morgan fingerprint density at radius 2 is 1.79 bits per heavy atom. The molecule has 1 amide bonds. The molecule has 148 valence electrons. The number of rotatable bonds is 4. The Hall–Kier alpha value is -2.92. The van der Waals surface area contributed by atoms with Crippen LogP contribution in [0.15, 0.2) is 59.4 Å². The Kier molecular flexibility index (Phi) is 5.76. The standard InChI is InChI=1S/C23H22ClN3O2/c24-19-12-6-4-8-16(19)14-15-21(28)26-27-22(17-9-2-1-3-10-17)25-20-13-7-5-11-18(20)23(27)29/h4-8,11-15,17H,1-3,9-10H2,(H,26,28)/b15-14+. The zero-order valence-corrected chi connectivity index (χ0v) is 16.7.